The van der Waals surface area contributed by atoms with E-state index in [1.54, 1.807) is 24.5 Å². The van der Waals surface area contributed by atoms with Crippen LogP contribution >= 0.6 is 0 Å². The predicted molar refractivity (Wildman–Crippen MR) is 102 cm³/mol. The van der Waals surface area contributed by atoms with Crippen LogP contribution in [0.25, 0.3) is 11.2 Å². The van der Waals surface area contributed by atoms with Gasteiger partial charge in [0.05, 0.1) is 5.25 Å². The molecule has 0 unspecified atom stereocenters. The van der Waals surface area contributed by atoms with Crippen LogP contribution in [0.3, 0.4) is 0 Å². The molecule has 1 aromatic carbocycles. The zero-order valence-electron chi connectivity index (χ0n) is 14.1. The van der Waals surface area contributed by atoms with Crippen LogP contribution in [0.5, 0.6) is 0 Å². The first-order valence-electron chi connectivity index (χ1n) is 8.51. The molecule has 134 valence electrons. The molecule has 2 aromatic heterocycles. The Hall–Kier alpha value is -2.74. The second-order valence-electron chi connectivity index (χ2n) is 6.29. The van der Waals surface area contributed by atoms with Crippen molar-refractivity contribution >= 4 is 32.7 Å². The van der Waals surface area contributed by atoms with Crippen LogP contribution in [0.15, 0.2) is 54.9 Å². The summed E-state index contributed by atoms with van der Waals surface area (Å²) in [6, 6.07) is 12.7. The number of nitrogens with zero attached hydrogens (tertiary/aromatic N) is 4. The molecule has 1 aliphatic rings. The number of benzene rings is 1. The fraction of sp³-hybridized carbons (Fsp3) is 0.278. The van der Waals surface area contributed by atoms with Gasteiger partial charge in [0, 0.05) is 31.2 Å². The van der Waals surface area contributed by atoms with E-state index in [9.17, 15) is 8.42 Å². The molecule has 0 spiro atoms. The first kappa shape index (κ1) is 16.7. The van der Waals surface area contributed by atoms with E-state index in [0.717, 1.165) is 24.3 Å². The summed E-state index contributed by atoms with van der Waals surface area (Å²) in [6.45, 7) is 1.18. The molecular weight excluding hydrogens is 350 g/mol. The first-order chi connectivity index (χ1) is 12.6. The number of nitrogens with one attached hydrogen (secondary N) is 1. The van der Waals surface area contributed by atoms with Gasteiger partial charge in [0.25, 0.3) is 0 Å². The van der Waals surface area contributed by atoms with Crippen molar-refractivity contribution in [3.63, 3.8) is 0 Å². The minimum Gasteiger partial charge on any atom is -0.355 e. The summed E-state index contributed by atoms with van der Waals surface area (Å²) >= 11 is 0. The van der Waals surface area contributed by atoms with E-state index in [0.29, 0.717) is 24.3 Å². The predicted octanol–water partition coefficient (Wildman–Crippen LogP) is 2.44. The molecule has 7 nitrogen and oxygen atoms in total. The number of pyridine rings is 1. The van der Waals surface area contributed by atoms with Crippen LogP contribution < -0.4 is 9.62 Å². The summed E-state index contributed by atoms with van der Waals surface area (Å²) in [7, 11) is -3.47. The maximum atomic E-state index is 12.8. The van der Waals surface area contributed by atoms with Crippen molar-refractivity contribution in [3.05, 3.63) is 54.9 Å². The summed E-state index contributed by atoms with van der Waals surface area (Å²) in [5, 5.41) is -0.490. The molecule has 26 heavy (non-hydrogen) atoms. The lowest BCUT2D eigenvalue weighted by Crippen LogP contribution is -2.44. The number of fused-ring (bicyclic) bond motifs is 1. The summed E-state index contributed by atoms with van der Waals surface area (Å²) in [4.78, 5) is 15.0. The highest BCUT2D eigenvalue weighted by atomic mass is 32.2. The molecule has 0 radical (unpaired) electrons. The SMILES string of the molecule is O=S(=O)(Nc1ccccc1)[C@@H]1CCCN(c2ccc3nccnc3n2)C1. The third-order valence-electron chi connectivity index (χ3n) is 4.49. The Labute approximate surface area is 152 Å². The maximum absolute atomic E-state index is 12.8. The number of anilines is 2. The van der Waals surface area contributed by atoms with Gasteiger partial charge in [0.1, 0.15) is 11.3 Å². The van der Waals surface area contributed by atoms with E-state index in [-0.39, 0.29) is 0 Å². The largest absolute Gasteiger partial charge is 0.355 e. The van der Waals surface area contributed by atoms with Gasteiger partial charge in [-0.15, -0.1) is 0 Å². The Morgan fingerprint density at radius 1 is 1.04 bits per heavy atom. The van der Waals surface area contributed by atoms with Gasteiger partial charge in [-0.1, -0.05) is 18.2 Å². The van der Waals surface area contributed by atoms with Crippen molar-refractivity contribution in [2.24, 2.45) is 0 Å². The Balaban J connectivity index is 1.54. The molecule has 4 rings (SSSR count). The molecule has 1 aliphatic heterocycles. The van der Waals surface area contributed by atoms with Crippen molar-refractivity contribution in [1.29, 1.82) is 0 Å². The molecule has 8 heteroatoms. The molecule has 1 fully saturated rings. The molecule has 1 saturated heterocycles. The van der Waals surface area contributed by atoms with Gasteiger partial charge in [-0.3, -0.25) is 9.71 Å². The number of rotatable bonds is 4. The van der Waals surface area contributed by atoms with E-state index in [1.807, 2.05) is 35.2 Å². The lowest BCUT2D eigenvalue weighted by atomic mass is 10.1. The van der Waals surface area contributed by atoms with Gasteiger partial charge >= 0.3 is 0 Å². The van der Waals surface area contributed by atoms with E-state index in [4.69, 9.17) is 0 Å². The molecule has 3 heterocycles. The van der Waals surface area contributed by atoms with Crippen molar-refractivity contribution in [3.8, 4) is 0 Å². The Morgan fingerprint density at radius 3 is 2.69 bits per heavy atom. The summed E-state index contributed by atoms with van der Waals surface area (Å²) in [6.07, 6.45) is 4.65. The van der Waals surface area contributed by atoms with Crippen molar-refractivity contribution in [1.82, 2.24) is 15.0 Å². The van der Waals surface area contributed by atoms with E-state index in [1.165, 1.54) is 0 Å². The van der Waals surface area contributed by atoms with Gasteiger partial charge in [0.2, 0.25) is 10.0 Å². The highest BCUT2D eigenvalue weighted by molar-refractivity contribution is 7.93. The molecule has 0 bridgehead atoms. The Kier molecular flexibility index (Phi) is 4.42. The first-order valence-corrected chi connectivity index (χ1v) is 10.1. The van der Waals surface area contributed by atoms with E-state index >= 15 is 0 Å². The van der Waals surface area contributed by atoms with Gasteiger partial charge in [-0.2, -0.15) is 0 Å². The molecule has 0 aliphatic carbocycles. The average Bonchev–Trinajstić information content (AvgIpc) is 2.68. The highest BCUT2D eigenvalue weighted by Gasteiger charge is 2.31. The minimum absolute atomic E-state index is 0.404. The smallest absolute Gasteiger partial charge is 0.237 e. The lowest BCUT2D eigenvalue weighted by molar-refractivity contribution is 0.533. The quantitative estimate of drug-likeness (QED) is 0.760. The summed E-state index contributed by atoms with van der Waals surface area (Å²) in [5.74, 6) is 0.734. The fourth-order valence-corrected chi connectivity index (χ4v) is 4.66. The number of sulfonamides is 1. The zero-order valence-corrected chi connectivity index (χ0v) is 14.9. The second kappa shape index (κ2) is 6.87. The molecule has 3 aromatic rings. The van der Waals surface area contributed by atoms with Gasteiger partial charge in [0.15, 0.2) is 5.65 Å². The normalized spacial score (nSPS) is 18.0. The van der Waals surface area contributed by atoms with Crippen LogP contribution in [-0.2, 0) is 10.0 Å². The van der Waals surface area contributed by atoms with Crippen molar-refractivity contribution in [2.75, 3.05) is 22.7 Å². The molecule has 1 atom stereocenters. The lowest BCUT2D eigenvalue weighted by Gasteiger charge is -2.33. The number of aromatic nitrogens is 3. The van der Waals surface area contributed by atoms with Gasteiger partial charge in [-0.05, 0) is 37.1 Å². The van der Waals surface area contributed by atoms with Crippen molar-refractivity contribution in [2.45, 2.75) is 18.1 Å². The minimum atomic E-state index is -3.47. The average molecular weight is 369 g/mol. The standard InChI is InChI=1S/C18H19N5O2S/c24-26(25,22-14-5-2-1-3-6-14)15-7-4-12-23(13-15)17-9-8-16-18(21-17)20-11-10-19-16/h1-3,5-6,8-11,15,22H,4,7,12-13H2/t15-/m1/s1. The van der Waals surface area contributed by atoms with Crippen LogP contribution in [-0.4, -0.2) is 41.7 Å². The molecule has 0 amide bonds. The topological polar surface area (TPSA) is 88.1 Å². The number of piperidine rings is 1. The van der Waals surface area contributed by atoms with Crippen LogP contribution in [0.2, 0.25) is 0 Å². The highest BCUT2D eigenvalue weighted by Crippen LogP contribution is 2.24. The van der Waals surface area contributed by atoms with Crippen LogP contribution in [0.4, 0.5) is 11.5 Å². The number of hydrogen-bond acceptors (Lipinski definition) is 6. The molecule has 0 saturated carbocycles. The van der Waals surface area contributed by atoms with E-state index < -0.39 is 15.3 Å². The fourth-order valence-electron chi connectivity index (χ4n) is 3.17. The Morgan fingerprint density at radius 2 is 1.85 bits per heavy atom. The summed E-state index contributed by atoms with van der Waals surface area (Å²) in [5.41, 5.74) is 1.88. The van der Waals surface area contributed by atoms with E-state index in [2.05, 4.69) is 19.7 Å². The third kappa shape index (κ3) is 3.45. The molecular formula is C18H19N5O2S. The summed E-state index contributed by atoms with van der Waals surface area (Å²) < 4.78 is 28.2. The van der Waals surface area contributed by atoms with Crippen LogP contribution in [0.1, 0.15) is 12.8 Å². The second-order valence-corrected chi connectivity index (χ2v) is 8.25. The zero-order chi connectivity index (χ0) is 18.0. The van der Waals surface area contributed by atoms with Gasteiger partial charge < -0.3 is 4.90 Å². The number of para-hydroxylation sites is 1. The maximum Gasteiger partial charge on any atom is 0.237 e. The number of hydrogen-bond donors (Lipinski definition) is 1. The van der Waals surface area contributed by atoms with Crippen molar-refractivity contribution < 1.29 is 8.42 Å². The Bertz CT molecular complexity index is 1010. The monoisotopic (exact) mass is 369 g/mol. The van der Waals surface area contributed by atoms with Gasteiger partial charge in [-0.25, -0.2) is 18.4 Å². The molecule has 1 N–H and O–H groups in total. The third-order valence-corrected chi connectivity index (χ3v) is 6.27. The van der Waals surface area contributed by atoms with Crippen LogP contribution in [0, 0.1) is 0 Å².